The number of aryl methyl sites for hydroxylation is 4. The summed E-state index contributed by atoms with van der Waals surface area (Å²) in [5, 5.41) is 10.0. The van der Waals surface area contributed by atoms with Crippen LogP contribution in [0.4, 0.5) is 4.39 Å². The van der Waals surface area contributed by atoms with E-state index in [9.17, 15) is 23.6 Å². The lowest BCUT2D eigenvalue weighted by atomic mass is 9.98. The summed E-state index contributed by atoms with van der Waals surface area (Å²) in [4.78, 5) is 53.6. The molecule has 0 spiro atoms. The number of piperidine rings is 1. The van der Waals surface area contributed by atoms with E-state index in [2.05, 4.69) is 5.32 Å². The topological polar surface area (TPSA) is 143 Å². The van der Waals surface area contributed by atoms with Gasteiger partial charge >= 0.3 is 5.97 Å². The van der Waals surface area contributed by atoms with Crippen LogP contribution < -0.4 is 14.8 Å². The van der Waals surface area contributed by atoms with Gasteiger partial charge in [0, 0.05) is 65.3 Å². The number of esters is 1. The van der Waals surface area contributed by atoms with E-state index < -0.39 is 23.5 Å². The smallest absolute Gasteiger partial charge is 0.355 e. The molecule has 1 atom stereocenters. The fraction of sp³-hybridized carbons (Fsp3) is 0.380. The van der Waals surface area contributed by atoms with Crippen molar-refractivity contribution in [1.82, 2.24) is 24.6 Å². The number of aromatic nitrogens is 3. The minimum atomic E-state index is -0.776. The third kappa shape index (κ3) is 9.32. The Morgan fingerprint density at radius 1 is 0.908 bits per heavy atom. The van der Waals surface area contributed by atoms with E-state index in [0.29, 0.717) is 72.4 Å². The van der Waals surface area contributed by atoms with Gasteiger partial charge in [-0.15, -0.1) is 0 Å². The van der Waals surface area contributed by atoms with Gasteiger partial charge in [-0.3, -0.25) is 24.4 Å². The Labute approximate surface area is 381 Å². The van der Waals surface area contributed by atoms with Gasteiger partial charge in [0.25, 0.3) is 5.91 Å². The normalized spacial score (nSPS) is 15.2. The standard InChI is InChI=1S/C50H53ClFN5O8/c1-29-43(30(2)55(6)54-29)44-38(51)19-18-35-34(13-9-24-63-40-14-7-11-31-27-32(52)16-17-33(31)40)46(49(61)65-50(3,4)5)56(45(35)44)22-10-23-62-25-26-64-41-15-8-12-36-37(41)28-57(48(36)60)39-20-21-42(58)53-47(39)59/h7-8,11-12,14-19,27,39H,9-10,13,20-26,28H2,1-6H3,(H,53,58,59). The number of carbonyl (C=O) groups is 4. The molecule has 4 aromatic carbocycles. The van der Waals surface area contributed by atoms with Crippen LogP contribution in [0.25, 0.3) is 32.8 Å². The van der Waals surface area contributed by atoms with Crippen LogP contribution in [-0.4, -0.2) is 81.0 Å². The van der Waals surface area contributed by atoms with Crippen molar-refractivity contribution in [2.24, 2.45) is 7.05 Å². The lowest BCUT2D eigenvalue weighted by Gasteiger charge is -2.29. The largest absolute Gasteiger partial charge is 0.493 e. The Balaban J connectivity index is 1.02. The van der Waals surface area contributed by atoms with E-state index in [0.717, 1.165) is 49.8 Å². The van der Waals surface area contributed by atoms with Gasteiger partial charge in [-0.2, -0.15) is 5.10 Å². The molecule has 1 saturated heterocycles. The molecule has 65 heavy (non-hydrogen) atoms. The first-order valence-corrected chi connectivity index (χ1v) is 22.3. The monoisotopic (exact) mass is 905 g/mol. The number of nitrogens with one attached hydrogen (secondary N) is 1. The molecule has 0 saturated carbocycles. The summed E-state index contributed by atoms with van der Waals surface area (Å²) in [7, 11) is 1.89. The molecule has 15 heteroatoms. The number of fused-ring (bicyclic) bond motifs is 3. The summed E-state index contributed by atoms with van der Waals surface area (Å²) >= 11 is 7.13. The molecule has 1 unspecified atom stereocenters. The molecule has 2 aliphatic rings. The molecule has 340 valence electrons. The van der Waals surface area contributed by atoms with Gasteiger partial charge in [-0.25, -0.2) is 9.18 Å². The molecular weight excluding hydrogens is 853 g/mol. The number of halogens is 2. The van der Waals surface area contributed by atoms with Gasteiger partial charge in [-0.05, 0) is 114 Å². The molecule has 2 aliphatic heterocycles. The van der Waals surface area contributed by atoms with E-state index in [-0.39, 0.29) is 50.2 Å². The summed E-state index contributed by atoms with van der Waals surface area (Å²) in [6.07, 6.45) is 2.02. The van der Waals surface area contributed by atoms with E-state index in [1.807, 2.05) is 81.2 Å². The maximum absolute atomic E-state index is 14.5. The van der Waals surface area contributed by atoms with Crippen LogP contribution in [-0.2, 0) is 45.6 Å². The average Bonchev–Trinajstić information content (AvgIpc) is 3.85. The quantitative estimate of drug-likeness (QED) is 0.0573. The highest BCUT2D eigenvalue weighted by atomic mass is 35.5. The minimum Gasteiger partial charge on any atom is -0.493 e. The van der Waals surface area contributed by atoms with E-state index in [1.54, 1.807) is 24.3 Å². The third-order valence-corrected chi connectivity index (χ3v) is 12.3. The summed E-state index contributed by atoms with van der Waals surface area (Å²) < 4.78 is 42.5. The van der Waals surface area contributed by atoms with Crippen LogP contribution in [0.1, 0.15) is 89.8 Å². The summed E-state index contributed by atoms with van der Waals surface area (Å²) in [6, 6.07) is 18.6. The molecule has 2 aromatic heterocycles. The second-order valence-corrected chi connectivity index (χ2v) is 17.9. The number of nitrogens with zero attached hydrogens (tertiary/aromatic N) is 4. The van der Waals surface area contributed by atoms with E-state index in [4.69, 9.17) is 35.6 Å². The number of rotatable bonds is 16. The number of benzene rings is 4. The lowest BCUT2D eigenvalue weighted by Crippen LogP contribution is -2.52. The Hall–Kier alpha value is -6.25. The van der Waals surface area contributed by atoms with Crippen LogP contribution in [0.5, 0.6) is 11.5 Å². The van der Waals surface area contributed by atoms with Crippen molar-refractivity contribution >= 4 is 57.0 Å². The van der Waals surface area contributed by atoms with Crippen molar-refractivity contribution in [1.29, 1.82) is 0 Å². The Kier molecular flexibility index (Phi) is 13.0. The number of imide groups is 1. The van der Waals surface area contributed by atoms with Crippen molar-refractivity contribution in [2.75, 3.05) is 26.4 Å². The molecule has 0 bridgehead atoms. The first-order chi connectivity index (χ1) is 31.1. The predicted octanol–water partition coefficient (Wildman–Crippen LogP) is 8.82. The molecule has 13 nitrogen and oxygen atoms in total. The van der Waals surface area contributed by atoms with Crippen molar-refractivity contribution in [3.8, 4) is 22.6 Å². The van der Waals surface area contributed by atoms with Crippen LogP contribution >= 0.6 is 11.6 Å². The predicted molar refractivity (Wildman–Crippen MR) is 245 cm³/mol. The maximum Gasteiger partial charge on any atom is 0.355 e. The van der Waals surface area contributed by atoms with Gasteiger partial charge in [0.15, 0.2) is 0 Å². The number of hydrogen-bond donors (Lipinski definition) is 1. The fourth-order valence-electron chi connectivity index (χ4n) is 9.01. The molecule has 4 heterocycles. The highest BCUT2D eigenvalue weighted by Crippen LogP contribution is 2.43. The van der Waals surface area contributed by atoms with Gasteiger partial charge in [0.1, 0.15) is 41.3 Å². The number of carbonyl (C=O) groups excluding carboxylic acids is 4. The zero-order valence-electron chi connectivity index (χ0n) is 37.5. The van der Waals surface area contributed by atoms with E-state index >= 15 is 0 Å². The fourth-order valence-corrected chi connectivity index (χ4v) is 9.26. The SMILES string of the molecule is Cc1nn(C)c(C)c1-c1c(Cl)ccc2c(CCCOc3cccc4cc(F)ccc34)c(C(=O)OC(C)(C)C)n(CCCOCCOc3cccc4c3CN(C3CCC(=O)NC3=O)C4=O)c12. The first kappa shape index (κ1) is 45.3. The van der Waals surface area contributed by atoms with Crippen molar-refractivity contribution in [3.05, 3.63) is 111 Å². The van der Waals surface area contributed by atoms with Crippen LogP contribution in [0.3, 0.4) is 0 Å². The summed E-state index contributed by atoms with van der Waals surface area (Å²) in [6.45, 7) is 11.2. The molecule has 6 aromatic rings. The minimum absolute atomic E-state index is 0.175. The molecule has 0 aliphatic carbocycles. The van der Waals surface area contributed by atoms with Gasteiger partial charge in [0.2, 0.25) is 11.8 Å². The molecule has 0 radical (unpaired) electrons. The molecular formula is C50H53ClFN5O8. The molecule has 1 fully saturated rings. The van der Waals surface area contributed by atoms with Gasteiger partial charge in [-0.1, -0.05) is 35.9 Å². The van der Waals surface area contributed by atoms with Crippen LogP contribution in [0.2, 0.25) is 5.02 Å². The zero-order chi connectivity index (χ0) is 46.2. The van der Waals surface area contributed by atoms with E-state index in [1.165, 1.54) is 17.0 Å². The lowest BCUT2D eigenvalue weighted by molar-refractivity contribution is -0.136. The summed E-state index contributed by atoms with van der Waals surface area (Å²) in [5.74, 6) is -0.661. The molecule has 8 rings (SSSR count). The average molecular weight is 906 g/mol. The van der Waals surface area contributed by atoms with Crippen molar-refractivity contribution in [3.63, 3.8) is 0 Å². The highest BCUT2D eigenvalue weighted by Gasteiger charge is 2.40. The van der Waals surface area contributed by atoms with Gasteiger partial charge in [0.05, 0.1) is 36.0 Å². The van der Waals surface area contributed by atoms with Crippen LogP contribution in [0.15, 0.2) is 66.7 Å². The summed E-state index contributed by atoms with van der Waals surface area (Å²) in [5.41, 5.74) is 5.83. The Morgan fingerprint density at radius 3 is 2.42 bits per heavy atom. The first-order valence-electron chi connectivity index (χ1n) is 22.0. The maximum atomic E-state index is 14.5. The highest BCUT2D eigenvalue weighted by molar-refractivity contribution is 6.35. The zero-order valence-corrected chi connectivity index (χ0v) is 38.3. The van der Waals surface area contributed by atoms with Crippen LogP contribution in [0, 0.1) is 19.7 Å². The second-order valence-electron chi connectivity index (χ2n) is 17.5. The second kappa shape index (κ2) is 18.7. The van der Waals surface area contributed by atoms with Crippen molar-refractivity contribution < 1.29 is 42.5 Å². The number of ether oxygens (including phenoxy) is 4. The number of hydrogen-bond acceptors (Lipinski definition) is 9. The molecule has 3 amide bonds. The van der Waals surface area contributed by atoms with Crippen molar-refractivity contribution in [2.45, 2.75) is 91.5 Å². The Bertz CT molecular complexity index is 2840. The third-order valence-electron chi connectivity index (χ3n) is 12.0. The molecule has 1 N–H and O–H groups in total. The van der Waals surface area contributed by atoms with Gasteiger partial charge < -0.3 is 28.4 Å². The Morgan fingerprint density at radius 2 is 1.66 bits per heavy atom. The number of amides is 3.